The number of carbonyl (C=O) groups excluding carboxylic acids is 2. The molecule has 3 aliphatic rings. The smallest absolute Gasteiger partial charge is 0.253 e. The van der Waals surface area contributed by atoms with Crippen molar-refractivity contribution in [2.24, 2.45) is 11.8 Å². The predicted molar refractivity (Wildman–Crippen MR) is 113 cm³/mol. The van der Waals surface area contributed by atoms with Crippen LogP contribution in [0, 0.1) is 18.8 Å². The van der Waals surface area contributed by atoms with Gasteiger partial charge in [0.25, 0.3) is 11.5 Å². The average molecular weight is 405 g/mol. The van der Waals surface area contributed by atoms with Gasteiger partial charge in [0, 0.05) is 48.8 Å². The van der Waals surface area contributed by atoms with Gasteiger partial charge in [-0.15, -0.1) is 0 Å². The lowest BCUT2D eigenvalue weighted by Gasteiger charge is -2.47. The number of aromatic nitrogens is 1. The first-order valence-electron chi connectivity index (χ1n) is 10.9. The van der Waals surface area contributed by atoms with Gasteiger partial charge in [0.15, 0.2) is 0 Å². The van der Waals surface area contributed by atoms with Gasteiger partial charge in [0.1, 0.15) is 0 Å². The van der Waals surface area contributed by atoms with E-state index in [1.54, 1.807) is 12.1 Å². The molecule has 0 spiro atoms. The second-order valence-electron chi connectivity index (χ2n) is 9.01. The molecule has 1 N–H and O–H groups in total. The predicted octanol–water partition coefficient (Wildman–Crippen LogP) is 2.48. The Morgan fingerprint density at radius 2 is 1.83 bits per heavy atom. The van der Waals surface area contributed by atoms with E-state index in [-0.39, 0.29) is 41.2 Å². The number of likely N-dealkylation sites (tertiary alicyclic amines) is 1. The number of nitrogens with zero attached hydrogens (tertiary/aromatic N) is 2. The van der Waals surface area contributed by atoms with Crippen LogP contribution in [0.5, 0.6) is 0 Å². The number of amides is 2. The van der Waals surface area contributed by atoms with Crippen LogP contribution >= 0.6 is 0 Å². The number of nitrogens with one attached hydrogen (secondary N) is 1. The largest absolute Gasteiger partial charge is 0.354 e. The number of rotatable bonds is 4. The quantitative estimate of drug-likeness (QED) is 0.850. The molecule has 1 saturated heterocycles. The van der Waals surface area contributed by atoms with Gasteiger partial charge in [-0.3, -0.25) is 14.4 Å². The number of fused-ring (bicyclic) bond motifs is 4. The molecule has 1 saturated carbocycles. The van der Waals surface area contributed by atoms with E-state index in [4.69, 9.17) is 0 Å². The van der Waals surface area contributed by atoms with E-state index >= 15 is 0 Å². The van der Waals surface area contributed by atoms with Crippen molar-refractivity contribution >= 4 is 11.8 Å². The number of piperidine rings is 1. The minimum Gasteiger partial charge on any atom is -0.354 e. The molecule has 2 aliphatic heterocycles. The Kier molecular flexibility index (Phi) is 4.72. The summed E-state index contributed by atoms with van der Waals surface area (Å²) < 4.78 is 1.87. The summed E-state index contributed by atoms with van der Waals surface area (Å²) in [5.74, 6) is 0.551. The highest BCUT2D eigenvalue weighted by molar-refractivity contribution is 5.94. The highest BCUT2D eigenvalue weighted by Gasteiger charge is 2.42. The Labute approximate surface area is 175 Å². The van der Waals surface area contributed by atoms with Crippen LogP contribution in [-0.2, 0) is 4.79 Å². The zero-order valence-electron chi connectivity index (χ0n) is 17.2. The van der Waals surface area contributed by atoms with Gasteiger partial charge < -0.3 is 14.8 Å². The summed E-state index contributed by atoms with van der Waals surface area (Å²) in [7, 11) is 0. The van der Waals surface area contributed by atoms with Crippen molar-refractivity contribution < 1.29 is 9.59 Å². The molecule has 156 valence electrons. The molecule has 2 fully saturated rings. The van der Waals surface area contributed by atoms with E-state index in [1.807, 2.05) is 46.7 Å². The molecule has 2 aromatic rings. The highest BCUT2D eigenvalue weighted by atomic mass is 16.2. The standard InChI is InChI=1S/C24H27N3O3/c1-15-5-7-17(8-6-15)24(30)26-13-18-11-19(14-26)21(12-25-23(29)16-9-10-16)27-20(18)3-2-4-22(27)28/h2-8,16,18-19,21H,9-14H2,1H3,(H,25,29)/t18-,19+,21+/m1/s1. The molecule has 2 amide bonds. The number of aryl methyl sites for hydroxylation is 1. The summed E-state index contributed by atoms with van der Waals surface area (Å²) in [6.45, 7) is 3.67. The van der Waals surface area contributed by atoms with Gasteiger partial charge >= 0.3 is 0 Å². The van der Waals surface area contributed by atoms with Crippen molar-refractivity contribution in [1.29, 1.82) is 0 Å². The second kappa shape index (κ2) is 7.42. The Hall–Kier alpha value is -2.89. The maximum atomic E-state index is 13.2. The molecule has 6 heteroatoms. The summed E-state index contributed by atoms with van der Waals surface area (Å²) in [5.41, 5.74) is 2.78. The Morgan fingerprint density at radius 1 is 1.07 bits per heavy atom. The van der Waals surface area contributed by atoms with Gasteiger partial charge in [0.2, 0.25) is 5.91 Å². The maximum Gasteiger partial charge on any atom is 0.253 e. The average Bonchev–Trinajstić information content (AvgIpc) is 3.59. The van der Waals surface area contributed by atoms with Crippen LogP contribution in [0.15, 0.2) is 47.3 Å². The van der Waals surface area contributed by atoms with Crippen LogP contribution in [0.1, 0.15) is 52.8 Å². The molecule has 1 aliphatic carbocycles. The number of hydrogen-bond donors (Lipinski definition) is 1. The third-order valence-corrected chi connectivity index (χ3v) is 6.82. The first kappa shape index (κ1) is 19.1. The minimum absolute atomic E-state index is 0.0221. The fraction of sp³-hybridized carbons (Fsp3) is 0.458. The van der Waals surface area contributed by atoms with Crippen molar-refractivity contribution in [3.05, 3.63) is 69.6 Å². The Bertz CT molecular complexity index is 1040. The van der Waals surface area contributed by atoms with Gasteiger partial charge in [0.05, 0.1) is 6.04 Å². The molecule has 5 rings (SSSR count). The molecule has 3 atom stereocenters. The van der Waals surface area contributed by atoms with Gasteiger partial charge in [-0.1, -0.05) is 23.8 Å². The van der Waals surface area contributed by atoms with Crippen molar-refractivity contribution in [3.8, 4) is 0 Å². The molecule has 1 aromatic carbocycles. The number of hydrogen-bond acceptors (Lipinski definition) is 3. The van der Waals surface area contributed by atoms with Crippen LogP contribution in [-0.4, -0.2) is 40.9 Å². The Morgan fingerprint density at radius 3 is 2.57 bits per heavy atom. The van der Waals surface area contributed by atoms with E-state index in [2.05, 4.69) is 5.32 Å². The molecule has 2 bridgehead atoms. The molecule has 1 aromatic heterocycles. The molecule has 0 unspecified atom stereocenters. The van der Waals surface area contributed by atoms with Crippen molar-refractivity contribution in [1.82, 2.24) is 14.8 Å². The monoisotopic (exact) mass is 405 g/mol. The third kappa shape index (κ3) is 3.44. The van der Waals surface area contributed by atoms with Crippen molar-refractivity contribution in [2.75, 3.05) is 19.6 Å². The normalized spacial score (nSPS) is 24.8. The van der Waals surface area contributed by atoms with Crippen LogP contribution in [0.3, 0.4) is 0 Å². The van der Waals surface area contributed by atoms with Crippen LogP contribution in [0.2, 0.25) is 0 Å². The van der Waals surface area contributed by atoms with E-state index in [0.29, 0.717) is 25.2 Å². The lowest BCUT2D eigenvalue weighted by atomic mass is 9.78. The Balaban J connectivity index is 1.43. The van der Waals surface area contributed by atoms with Crippen LogP contribution in [0.25, 0.3) is 0 Å². The lowest BCUT2D eigenvalue weighted by molar-refractivity contribution is -0.122. The first-order chi connectivity index (χ1) is 14.5. The number of benzene rings is 1. The second-order valence-corrected chi connectivity index (χ2v) is 9.01. The minimum atomic E-state index is -0.124. The van der Waals surface area contributed by atoms with E-state index in [1.165, 1.54) is 0 Å². The fourth-order valence-electron chi connectivity index (χ4n) is 5.04. The van der Waals surface area contributed by atoms with Gasteiger partial charge in [-0.25, -0.2) is 0 Å². The topological polar surface area (TPSA) is 71.4 Å². The molecule has 30 heavy (non-hydrogen) atoms. The highest BCUT2D eigenvalue weighted by Crippen LogP contribution is 2.41. The zero-order chi connectivity index (χ0) is 20.8. The maximum absolute atomic E-state index is 13.2. The first-order valence-corrected chi connectivity index (χ1v) is 10.9. The molecule has 6 nitrogen and oxygen atoms in total. The molecular weight excluding hydrogens is 378 g/mol. The molecule has 0 radical (unpaired) electrons. The number of pyridine rings is 1. The van der Waals surface area contributed by atoms with Crippen LogP contribution in [0.4, 0.5) is 0 Å². The summed E-state index contributed by atoms with van der Waals surface area (Å²) in [6.07, 6.45) is 2.85. The fourth-order valence-corrected chi connectivity index (χ4v) is 5.04. The lowest BCUT2D eigenvalue weighted by Crippen LogP contribution is -2.53. The van der Waals surface area contributed by atoms with E-state index in [9.17, 15) is 14.4 Å². The molecular formula is C24H27N3O3. The van der Waals surface area contributed by atoms with E-state index < -0.39 is 0 Å². The summed E-state index contributed by atoms with van der Waals surface area (Å²) >= 11 is 0. The summed E-state index contributed by atoms with van der Waals surface area (Å²) in [6, 6.07) is 13.0. The van der Waals surface area contributed by atoms with E-state index in [0.717, 1.165) is 30.5 Å². The summed E-state index contributed by atoms with van der Waals surface area (Å²) in [4.78, 5) is 40.1. The van der Waals surface area contributed by atoms with Gasteiger partial charge in [-0.2, -0.15) is 0 Å². The van der Waals surface area contributed by atoms with Gasteiger partial charge in [-0.05, 0) is 50.3 Å². The van der Waals surface area contributed by atoms with Crippen molar-refractivity contribution in [2.45, 2.75) is 38.1 Å². The summed E-state index contributed by atoms with van der Waals surface area (Å²) in [5, 5.41) is 3.07. The van der Waals surface area contributed by atoms with Crippen molar-refractivity contribution in [3.63, 3.8) is 0 Å². The zero-order valence-corrected chi connectivity index (χ0v) is 17.2. The SMILES string of the molecule is Cc1ccc(C(=O)N2C[C@H]3C[C@@H](C2)[C@H](CNC(=O)C2CC2)n2c3cccc2=O)cc1. The van der Waals surface area contributed by atoms with Crippen LogP contribution < -0.4 is 10.9 Å². The third-order valence-electron chi connectivity index (χ3n) is 6.82. The molecule has 3 heterocycles. The number of carbonyl (C=O) groups is 2.